The lowest BCUT2D eigenvalue weighted by Gasteiger charge is -2.25. The molecule has 0 bridgehead atoms. The zero-order valence-electron chi connectivity index (χ0n) is 20.5. The van der Waals surface area contributed by atoms with E-state index in [4.69, 9.17) is 9.47 Å². The fraction of sp³-hybridized carbons (Fsp3) is 0.207. The molecule has 190 valence electrons. The van der Waals surface area contributed by atoms with E-state index in [9.17, 15) is 24.6 Å². The van der Waals surface area contributed by atoms with Gasteiger partial charge in [-0.05, 0) is 73.5 Å². The molecular formula is C29H27NO7. The molecule has 1 atom stereocenters. The van der Waals surface area contributed by atoms with Crippen molar-refractivity contribution in [1.29, 1.82) is 0 Å². The van der Waals surface area contributed by atoms with Gasteiger partial charge >= 0.3 is 5.97 Å². The van der Waals surface area contributed by atoms with Crippen molar-refractivity contribution in [3.05, 3.63) is 95.1 Å². The summed E-state index contributed by atoms with van der Waals surface area (Å²) in [4.78, 5) is 40.2. The fourth-order valence-corrected chi connectivity index (χ4v) is 4.15. The maximum absolute atomic E-state index is 13.3. The topological polar surface area (TPSA) is 113 Å². The Morgan fingerprint density at radius 2 is 1.65 bits per heavy atom. The fourth-order valence-electron chi connectivity index (χ4n) is 4.15. The Morgan fingerprint density at radius 3 is 2.30 bits per heavy atom. The minimum absolute atomic E-state index is 0.00711. The van der Waals surface area contributed by atoms with Crippen molar-refractivity contribution in [3.63, 3.8) is 0 Å². The molecule has 1 aliphatic rings. The number of phenols is 1. The van der Waals surface area contributed by atoms with Crippen molar-refractivity contribution >= 4 is 29.1 Å². The van der Waals surface area contributed by atoms with E-state index in [-0.39, 0.29) is 34.9 Å². The number of carbonyl (C=O) groups excluding carboxylic acids is 3. The van der Waals surface area contributed by atoms with Crippen LogP contribution in [0.5, 0.6) is 11.5 Å². The molecule has 0 spiro atoms. The Kier molecular flexibility index (Phi) is 7.57. The molecule has 1 heterocycles. The molecule has 1 unspecified atom stereocenters. The van der Waals surface area contributed by atoms with Gasteiger partial charge in [0.1, 0.15) is 17.3 Å². The molecule has 0 radical (unpaired) electrons. The lowest BCUT2D eigenvalue weighted by Crippen LogP contribution is -2.29. The number of ketones is 1. The minimum atomic E-state index is -1.01. The van der Waals surface area contributed by atoms with Crippen LogP contribution in [0.3, 0.4) is 0 Å². The van der Waals surface area contributed by atoms with Crippen molar-refractivity contribution in [2.75, 3.05) is 18.1 Å². The molecule has 3 aromatic rings. The van der Waals surface area contributed by atoms with E-state index in [0.29, 0.717) is 23.5 Å². The number of aliphatic hydroxyl groups is 1. The summed E-state index contributed by atoms with van der Waals surface area (Å²) in [7, 11) is 0. The maximum atomic E-state index is 13.3. The summed E-state index contributed by atoms with van der Waals surface area (Å²) in [6, 6.07) is 17.8. The molecule has 1 saturated heterocycles. The quantitative estimate of drug-likeness (QED) is 0.194. The van der Waals surface area contributed by atoms with Gasteiger partial charge in [0, 0.05) is 11.3 Å². The summed E-state index contributed by atoms with van der Waals surface area (Å²) in [5.74, 6) is -2.01. The zero-order valence-corrected chi connectivity index (χ0v) is 20.5. The normalized spacial score (nSPS) is 16.6. The van der Waals surface area contributed by atoms with Crippen LogP contribution in [0.15, 0.2) is 78.4 Å². The van der Waals surface area contributed by atoms with Gasteiger partial charge in [0.15, 0.2) is 0 Å². The number of ether oxygens (including phenoxy) is 2. The second-order valence-corrected chi connectivity index (χ2v) is 8.40. The second kappa shape index (κ2) is 11.0. The highest BCUT2D eigenvalue weighted by molar-refractivity contribution is 6.51. The van der Waals surface area contributed by atoms with Gasteiger partial charge in [-0.15, -0.1) is 0 Å². The Hall–Kier alpha value is -4.59. The summed E-state index contributed by atoms with van der Waals surface area (Å²) in [5, 5.41) is 21.1. The van der Waals surface area contributed by atoms with E-state index in [1.54, 1.807) is 61.5 Å². The summed E-state index contributed by atoms with van der Waals surface area (Å²) >= 11 is 0. The van der Waals surface area contributed by atoms with Gasteiger partial charge in [0.25, 0.3) is 11.7 Å². The first kappa shape index (κ1) is 25.5. The standard InChI is InChI=1S/C29H27NO7/c1-3-16-37-23-14-10-19(11-15-23)26(32)24-25(18-8-12-22(31)13-9-18)30(28(34)27(24)33)21-7-5-6-20(17-21)29(35)36-4-2/h5-15,17,25,31-32H,3-4,16H2,1-2H3/b26-24+. The Labute approximate surface area is 214 Å². The van der Waals surface area contributed by atoms with Crippen molar-refractivity contribution < 1.29 is 34.1 Å². The predicted molar refractivity (Wildman–Crippen MR) is 138 cm³/mol. The van der Waals surface area contributed by atoms with Crippen molar-refractivity contribution in [2.45, 2.75) is 26.3 Å². The van der Waals surface area contributed by atoms with Crippen molar-refractivity contribution in [2.24, 2.45) is 0 Å². The molecule has 0 aromatic heterocycles. The molecular weight excluding hydrogens is 474 g/mol. The smallest absolute Gasteiger partial charge is 0.338 e. The highest BCUT2D eigenvalue weighted by Crippen LogP contribution is 2.42. The predicted octanol–water partition coefficient (Wildman–Crippen LogP) is 4.98. The number of rotatable bonds is 8. The van der Waals surface area contributed by atoms with Crippen LogP contribution in [0.25, 0.3) is 5.76 Å². The van der Waals surface area contributed by atoms with E-state index in [2.05, 4.69) is 0 Å². The Balaban J connectivity index is 1.84. The SMILES string of the molecule is CCCOc1ccc(/C(O)=C2\C(=O)C(=O)N(c3cccc(C(=O)OCC)c3)C2c2ccc(O)cc2)cc1. The van der Waals surface area contributed by atoms with Crippen LogP contribution in [-0.4, -0.2) is 41.1 Å². The lowest BCUT2D eigenvalue weighted by molar-refractivity contribution is -0.132. The van der Waals surface area contributed by atoms with E-state index in [0.717, 1.165) is 6.42 Å². The number of amides is 1. The highest BCUT2D eigenvalue weighted by atomic mass is 16.5. The number of anilines is 1. The van der Waals surface area contributed by atoms with Crippen LogP contribution in [0.1, 0.15) is 47.8 Å². The molecule has 8 heteroatoms. The third-order valence-electron chi connectivity index (χ3n) is 5.89. The van der Waals surface area contributed by atoms with Gasteiger partial charge in [-0.1, -0.05) is 25.1 Å². The second-order valence-electron chi connectivity index (χ2n) is 8.40. The van der Waals surface area contributed by atoms with Crippen LogP contribution in [0, 0.1) is 0 Å². The van der Waals surface area contributed by atoms with Gasteiger partial charge in [-0.25, -0.2) is 4.79 Å². The molecule has 1 aliphatic heterocycles. The summed E-state index contributed by atoms with van der Waals surface area (Å²) in [5.41, 5.74) is 1.22. The van der Waals surface area contributed by atoms with Crippen molar-refractivity contribution in [1.82, 2.24) is 0 Å². The summed E-state index contributed by atoms with van der Waals surface area (Å²) < 4.78 is 10.7. The first-order chi connectivity index (χ1) is 17.8. The number of benzene rings is 3. The summed E-state index contributed by atoms with van der Waals surface area (Å²) in [6.45, 7) is 4.41. The van der Waals surface area contributed by atoms with E-state index in [1.165, 1.54) is 23.1 Å². The van der Waals surface area contributed by atoms with Gasteiger partial charge in [-0.2, -0.15) is 0 Å². The van der Waals surface area contributed by atoms with Crippen LogP contribution in [-0.2, 0) is 14.3 Å². The van der Waals surface area contributed by atoms with Gasteiger partial charge in [-0.3, -0.25) is 14.5 Å². The molecule has 0 saturated carbocycles. The molecule has 37 heavy (non-hydrogen) atoms. The number of esters is 1. The largest absolute Gasteiger partial charge is 0.508 e. The average Bonchev–Trinajstić information content (AvgIpc) is 3.18. The minimum Gasteiger partial charge on any atom is -0.508 e. The highest BCUT2D eigenvalue weighted by Gasteiger charge is 2.47. The monoisotopic (exact) mass is 501 g/mol. The van der Waals surface area contributed by atoms with E-state index < -0.39 is 23.7 Å². The molecule has 3 aromatic carbocycles. The third kappa shape index (κ3) is 5.18. The zero-order chi connectivity index (χ0) is 26.5. The van der Waals surface area contributed by atoms with Gasteiger partial charge in [0.2, 0.25) is 0 Å². The Bertz CT molecular complexity index is 1340. The van der Waals surface area contributed by atoms with Crippen LogP contribution >= 0.6 is 0 Å². The number of hydrogen-bond donors (Lipinski definition) is 2. The first-order valence-electron chi connectivity index (χ1n) is 12.0. The van der Waals surface area contributed by atoms with Gasteiger partial charge < -0.3 is 19.7 Å². The average molecular weight is 502 g/mol. The van der Waals surface area contributed by atoms with E-state index in [1.807, 2.05) is 6.92 Å². The molecule has 8 nitrogen and oxygen atoms in total. The third-order valence-corrected chi connectivity index (χ3v) is 5.89. The van der Waals surface area contributed by atoms with Crippen LogP contribution < -0.4 is 9.64 Å². The number of Topliss-reactive ketones (excluding diaryl/α,β-unsaturated/α-hetero) is 1. The van der Waals surface area contributed by atoms with Gasteiger partial charge in [0.05, 0.1) is 30.4 Å². The number of hydrogen-bond acceptors (Lipinski definition) is 7. The first-order valence-corrected chi connectivity index (χ1v) is 12.0. The summed E-state index contributed by atoms with van der Waals surface area (Å²) in [6.07, 6.45) is 0.842. The van der Waals surface area contributed by atoms with E-state index >= 15 is 0 Å². The maximum Gasteiger partial charge on any atom is 0.338 e. The number of phenolic OH excluding ortho intramolecular Hbond substituents is 1. The number of nitrogens with zero attached hydrogens (tertiary/aromatic N) is 1. The molecule has 2 N–H and O–H groups in total. The number of aromatic hydroxyl groups is 1. The molecule has 0 aliphatic carbocycles. The Morgan fingerprint density at radius 1 is 0.946 bits per heavy atom. The molecule has 1 amide bonds. The molecule has 4 rings (SSSR count). The van der Waals surface area contributed by atoms with Crippen LogP contribution in [0.4, 0.5) is 5.69 Å². The lowest BCUT2D eigenvalue weighted by atomic mass is 9.95. The molecule has 1 fully saturated rings. The number of carbonyl (C=O) groups is 3. The van der Waals surface area contributed by atoms with Crippen LogP contribution in [0.2, 0.25) is 0 Å². The van der Waals surface area contributed by atoms with Crippen molar-refractivity contribution in [3.8, 4) is 11.5 Å². The number of aliphatic hydroxyl groups excluding tert-OH is 1.